The summed E-state index contributed by atoms with van der Waals surface area (Å²) < 4.78 is 6.02. The molecule has 0 radical (unpaired) electrons. The summed E-state index contributed by atoms with van der Waals surface area (Å²) >= 11 is 7.62. The maximum atomic E-state index is 5.79. The van der Waals surface area contributed by atoms with Gasteiger partial charge in [-0.05, 0) is 55.4 Å². The Morgan fingerprint density at radius 2 is 2.07 bits per heavy atom. The lowest BCUT2D eigenvalue weighted by atomic mass is 10.1. The van der Waals surface area contributed by atoms with Gasteiger partial charge in [-0.2, -0.15) is 9.78 Å². The van der Waals surface area contributed by atoms with Crippen LogP contribution in [0, 0.1) is 18.6 Å². The second-order valence-electron chi connectivity index (χ2n) is 7.85. The number of hydrogen-bond donors (Lipinski definition) is 1. The van der Waals surface area contributed by atoms with Crippen LogP contribution in [-0.2, 0) is 6.67 Å². The van der Waals surface area contributed by atoms with Crippen molar-refractivity contribution in [3.8, 4) is 5.69 Å². The van der Waals surface area contributed by atoms with Gasteiger partial charge in [-0.1, -0.05) is 24.3 Å². The monoisotopic (exact) mass is 422 g/mol. The number of rotatable bonds is 4. The molecule has 1 N–H and O–H groups in total. The van der Waals surface area contributed by atoms with Crippen molar-refractivity contribution in [2.45, 2.75) is 39.4 Å². The average Bonchev–Trinajstić information content (AvgIpc) is 3.43. The molecule has 0 amide bonds. The van der Waals surface area contributed by atoms with E-state index in [0.29, 0.717) is 6.04 Å². The number of nitrogens with one attached hydrogen (secondary N) is 1. The summed E-state index contributed by atoms with van der Waals surface area (Å²) in [6.07, 6.45) is 4.23. The van der Waals surface area contributed by atoms with E-state index in [9.17, 15) is 0 Å². The first-order valence-corrected chi connectivity index (χ1v) is 11.2. The van der Waals surface area contributed by atoms with E-state index in [0.717, 1.165) is 29.2 Å². The minimum Gasteiger partial charge on any atom is -0.308 e. The van der Waals surface area contributed by atoms with Crippen molar-refractivity contribution in [2.24, 2.45) is 0 Å². The quantitative estimate of drug-likeness (QED) is 0.505. The molecule has 29 heavy (non-hydrogen) atoms. The van der Waals surface area contributed by atoms with Gasteiger partial charge in [0.2, 0.25) is 4.77 Å². The third-order valence-corrected chi connectivity index (χ3v) is 7.36. The number of aryl methyl sites for hydroxylation is 2. The van der Waals surface area contributed by atoms with Crippen LogP contribution in [0.25, 0.3) is 15.9 Å². The number of para-hydroxylation sites is 1. The molecule has 2 aromatic heterocycles. The molecule has 2 aromatic carbocycles. The van der Waals surface area contributed by atoms with Gasteiger partial charge >= 0.3 is 0 Å². The molecule has 1 aliphatic rings. The third-order valence-electron chi connectivity index (χ3n) is 5.80. The third kappa shape index (κ3) is 3.43. The van der Waals surface area contributed by atoms with Crippen LogP contribution >= 0.6 is 23.6 Å². The average molecular weight is 423 g/mol. The molecule has 0 saturated carbocycles. The van der Waals surface area contributed by atoms with Crippen LogP contribution in [0.3, 0.4) is 0 Å². The van der Waals surface area contributed by atoms with Gasteiger partial charge in [-0.25, -0.2) is 4.98 Å². The highest BCUT2D eigenvalue weighted by Crippen LogP contribution is 2.28. The van der Waals surface area contributed by atoms with E-state index >= 15 is 0 Å². The molecule has 1 unspecified atom stereocenters. The summed E-state index contributed by atoms with van der Waals surface area (Å²) in [5.74, 6) is 0. The molecule has 0 bridgehead atoms. The lowest BCUT2D eigenvalue weighted by Gasteiger charge is -2.19. The topological polar surface area (TPSA) is 40.1 Å². The Hall–Kier alpha value is -2.35. The minimum absolute atomic E-state index is 0.417. The molecular weight excluding hydrogens is 398 g/mol. The highest BCUT2D eigenvalue weighted by Gasteiger charge is 2.33. The molecule has 148 valence electrons. The molecule has 1 saturated heterocycles. The van der Waals surface area contributed by atoms with Gasteiger partial charge in [-0.3, -0.25) is 4.57 Å². The number of aromatic nitrogens is 4. The number of likely N-dealkylation sites (tertiary alicyclic amines) is 1. The smallest absolute Gasteiger partial charge is 0.207 e. The molecule has 1 aliphatic heterocycles. The molecule has 2 atom stereocenters. The molecule has 0 spiro atoms. The number of thiazole rings is 1. The van der Waals surface area contributed by atoms with Crippen molar-refractivity contribution in [2.75, 3.05) is 6.54 Å². The standard InChI is InChI=1S/C22H23N5S2/c1-15-9-10-16(2)19(12-15)26-13-23-27(22(26)28)14-25-11-5-7-18(25)21-24-17-6-3-4-8-20(17)29-21/h3-4,6,8-10,12-13,18H,5,7,11,14H2,1-2H3/p+1/t18-/m0/s1. The van der Waals surface area contributed by atoms with E-state index < -0.39 is 0 Å². The molecule has 0 aliphatic carbocycles. The molecule has 1 fully saturated rings. The van der Waals surface area contributed by atoms with Crippen LogP contribution in [0.1, 0.15) is 35.0 Å². The highest BCUT2D eigenvalue weighted by molar-refractivity contribution is 7.71. The zero-order valence-corrected chi connectivity index (χ0v) is 18.3. The molecular formula is C22H24N5S2+. The molecule has 5 nitrogen and oxygen atoms in total. The second-order valence-corrected chi connectivity index (χ2v) is 9.28. The van der Waals surface area contributed by atoms with Gasteiger partial charge in [0.15, 0.2) is 11.7 Å². The van der Waals surface area contributed by atoms with Gasteiger partial charge < -0.3 is 4.90 Å². The van der Waals surface area contributed by atoms with Gasteiger partial charge in [0.25, 0.3) is 0 Å². The van der Waals surface area contributed by atoms with Crippen molar-refractivity contribution >= 4 is 33.8 Å². The highest BCUT2D eigenvalue weighted by atomic mass is 32.1. The fraction of sp³-hybridized carbons (Fsp3) is 0.318. The zero-order chi connectivity index (χ0) is 20.0. The van der Waals surface area contributed by atoms with Crippen LogP contribution in [-0.4, -0.2) is 25.9 Å². The minimum atomic E-state index is 0.417. The fourth-order valence-corrected chi connectivity index (χ4v) is 5.64. The maximum absolute atomic E-state index is 5.79. The Balaban J connectivity index is 1.43. The SMILES string of the molecule is Cc1ccc(C)c(-n2cnn(C[NH+]3CCC[C@H]3c3nc4ccccc4s3)c2=S)c1. The molecule has 4 aromatic rings. The van der Waals surface area contributed by atoms with E-state index in [1.807, 2.05) is 26.9 Å². The van der Waals surface area contributed by atoms with E-state index in [1.54, 1.807) is 0 Å². The number of nitrogens with zero attached hydrogens (tertiary/aromatic N) is 4. The van der Waals surface area contributed by atoms with Gasteiger partial charge in [0.05, 0.1) is 22.4 Å². The van der Waals surface area contributed by atoms with E-state index in [1.165, 1.54) is 38.6 Å². The molecule has 5 rings (SSSR count). The van der Waals surface area contributed by atoms with E-state index in [4.69, 9.17) is 17.2 Å². The van der Waals surface area contributed by atoms with E-state index in [2.05, 4.69) is 61.4 Å². The van der Waals surface area contributed by atoms with Crippen LogP contribution in [0.2, 0.25) is 0 Å². The number of hydrogen-bond acceptors (Lipinski definition) is 4. The number of benzene rings is 2. The van der Waals surface area contributed by atoms with Crippen LogP contribution in [0.4, 0.5) is 0 Å². The van der Waals surface area contributed by atoms with Crippen LogP contribution in [0.5, 0.6) is 0 Å². The van der Waals surface area contributed by atoms with Crippen molar-refractivity contribution in [3.05, 3.63) is 69.7 Å². The lowest BCUT2D eigenvalue weighted by molar-refractivity contribution is -0.941. The maximum Gasteiger partial charge on any atom is 0.207 e. The van der Waals surface area contributed by atoms with Gasteiger partial charge in [0, 0.05) is 12.8 Å². The fourth-order valence-electron chi connectivity index (χ4n) is 4.22. The summed E-state index contributed by atoms with van der Waals surface area (Å²) in [5, 5.41) is 5.87. The first-order valence-electron chi connectivity index (χ1n) is 10.0. The van der Waals surface area contributed by atoms with Crippen molar-refractivity contribution < 1.29 is 4.90 Å². The summed E-state index contributed by atoms with van der Waals surface area (Å²) in [6, 6.07) is 15.3. The summed E-state index contributed by atoms with van der Waals surface area (Å²) in [5.41, 5.74) is 4.64. The zero-order valence-electron chi connectivity index (χ0n) is 16.6. The van der Waals surface area contributed by atoms with Crippen molar-refractivity contribution in [3.63, 3.8) is 0 Å². The summed E-state index contributed by atoms with van der Waals surface area (Å²) in [7, 11) is 0. The lowest BCUT2D eigenvalue weighted by Crippen LogP contribution is -3.09. The van der Waals surface area contributed by atoms with Crippen molar-refractivity contribution in [1.29, 1.82) is 0 Å². The van der Waals surface area contributed by atoms with Crippen LogP contribution in [0.15, 0.2) is 48.8 Å². The summed E-state index contributed by atoms with van der Waals surface area (Å²) in [4.78, 5) is 6.41. The predicted molar refractivity (Wildman–Crippen MR) is 119 cm³/mol. The van der Waals surface area contributed by atoms with Crippen molar-refractivity contribution in [1.82, 2.24) is 19.3 Å². The summed E-state index contributed by atoms with van der Waals surface area (Å²) in [6.45, 7) is 6.12. The van der Waals surface area contributed by atoms with E-state index in [-0.39, 0.29) is 0 Å². The molecule has 7 heteroatoms. The van der Waals surface area contributed by atoms with Gasteiger partial charge in [-0.15, -0.1) is 11.3 Å². The Morgan fingerprint density at radius 1 is 1.21 bits per heavy atom. The first kappa shape index (κ1) is 18.7. The normalized spacial score (nSPS) is 19.2. The first-order chi connectivity index (χ1) is 14.1. The Kier molecular flexibility index (Phi) is 4.81. The Bertz CT molecular complexity index is 1200. The second kappa shape index (κ2) is 7.48. The Labute approximate surface area is 179 Å². The van der Waals surface area contributed by atoms with Crippen LogP contribution < -0.4 is 4.90 Å². The number of quaternary nitrogens is 1. The van der Waals surface area contributed by atoms with Gasteiger partial charge in [0.1, 0.15) is 12.4 Å². The Morgan fingerprint density at radius 3 is 2.93 bits per heavy atom. The largest absolute Gasteiger partial charge is 0.308 e. The number of fused-ring (bicyclic) bond motifs is 1. The molecule has 3 heterocycles. The predicted octanol–water partition coefficient (Wildman–Crippen LogP) is 4.01.